The highest BCUT2D eigenvalue weighted by Gasteiger charge is 2.27. The van der Waals surface area contributed by atoms with Crippen LogP contribution in [-0.2, 0) is 13.2 Å². The Morgan fingerprint density at radius 3 is 2.23 bits per heavy atom. The van der Waals surface area contributed by atoms with E-state index >= 15 is 0 Å². The van der Waals surface area contributed by atoms with Gasteiger partial charge in [0.1, 0.15) is 0 Å². The van der Waals surface area contributed by atoms with Crippen LogP contribution in [0.5, 0.6) is 11.5 Å². The predicted molar refractivity (Wildman–Crippen MR) is 191 cm³/mol. The van der Waals surface area contributed by atoms with E-state index in [-0.39, 0.29) is 18.3 Å². The molecule has 2 atom stereocenters. The van der Waals surface area contributed by atoms with Gasteiger partial charge in [-0.2, -0.15) is 0 Å². The van der Waals surface area contributed by atoms with E-state index in [0.717, 1.165) is 94.4 Å². The van der Waals surface area contributed by atoms with Crippen molar-refractivity contribution < 1.29 is 19.4 Å². The van der Waals surface area contributed by atoms with Crippen molar-refractivity contribution >= 4 is 11.5 Å². The molecule has 3 aromatic rings. The summed E-state index contributed by atoms with van der Waals surface area (Å²) in [5.41, 5.74) is 5.07. The molecule has 7 nitrogen and oxygen atoms in total. The summed E-state index contributed by atoms with van der Waals surface area (Å²) in [6.45, 7) is 12.2. The number of ether oxygens (including phenoxy) is 2. The van der Waals surface area contributed by atoms with Crippen LogP contribution in [-0.4, -0.2) is 80.7 Å². The molecule has 0 amide bonds. The molecular formula is C40H55N3O4. The van der Waals surface area contributed by atoms with E-state index in [4.69, 9.17) is 9.47 Å². The fourth-order valence-electron chi connectivity index (χ4n) is 7.57. The number of carbonyl (C=O) groups is 1. The van der Waals surface area contributed by atoms with Gasteiger partial charge in [-0.15, -0.1) is 0 Å². The molecule has 0 aliphatic carbocycles. The first kappa shape index (κ1) is 34.9. The monoisotopic (exact) mass is 641 g/mol. The molecule has 3 aromatic carbocycles. The third-order valence-electron chi connectivity index (χ3n) is 10.6. The van der Waals surface area contributed by atoms with E-state index in [1.807, 2.05) is 18.2 Å². The van der Waals surface area contributed by atoms with E-state index < -0.39 is 0 Å². The lowest BCUT2D eigenvalue weighted by Crippen LogP contribution is -2.46. The topological polar surface area (TPSA) is 65.5 Å². The number of hydrogen-bond acceptors (Lipinski definition) is 7. The number of aliphatic hydroxyl groups excluding tert-OH is 1. The maximum absolute atomic E-state index is 14.0. The number of methoxy groups -OCH3 is 2. The van der Waals surface area contributed by atoms with Gasteiger partial charge in [-0.1, -0.05) is 62.4 Å². The number of rotatable bonds is 15. The van der Waals surface area contributed by atoms with Crippen LogP contribution in [0.4, 0.5) is 5.69 Å². The minimum atomic E-state index is -0.150. The van der Waals surface area contributed by atoms with Crippen LogP contribution in [0.3, 0.4) is 0 Å². The molecule has 2 aliphatic heterocycles. The van der Waals surface area contributed by atoms with E-state index in [0.29, 0.717) is 17.4 Å². The van der Waals surface area contributed by atoms with Gasteiger partial charge >= 0.3 is 0 Å². The number of nitrogens with zero attached hydrogens (tertiary/aromatic N) is 3. The van der Waals surface area contributed by atoms with E-state index in [1.165, 1.54) is 24.0 Å². The number of likely N-dealkylation sites (tertiary alicyclic amines) is 1. The van der Waals surface area contributed by atoms with Crippen molar-refractivity contribution in [2.24, 2.45) is 11.8 Å². The highest BCUT2D eigenvalue weighted by atomic mass is 16.5. The Morgan fingerprint density at radius 1 is 0.851 bits per heavy atom. The fourth-order valence-corrected chi connectivity index (χ4v) is 7.57. The van der Waals surface area contributed by atoms with Gasteiger partial charge in [0.2, 0.25) is 0 Å². The third-order valence-corrected chi connectivity index (χ3v) is 10.6. The average molecular weight is 642 g/mol. The van der Waals surface area contributed by atoms with Gasteiger partial charge in [0, 0.05) is 55.5 Å². The van der Waals surface area contributed by atoms with Gasteiger partial charge < -0.3 is 24.4 Å². The highest BCUT2D eigenvalue weighted by molar-refractivity contribution is 6.00. The summed E-state index contributed by atoms with van der Waals surface area (Å²) < 4.78 is 11.2. The van der Waals surface area contributed by atoms with Gasteiger partial charge in [-0.05, 0) is 92.9 Å². The lowest BCUT2D eigenvalue weighted by Gasteiger charge is -2.36. The van der Waals surface area contributed by atoms with Crippen LogP contribution in [0, 0.1) is 11.8 Å². The number of benzene rings is 3. The molecule has 0 bridgehead atoms. The van der Waals surface area contributed by atoms with Crippen molar-refractivity contribution in [1.29, 1.82) is 0 Å². The van der Waals surface area contributed by atoms with E-state index in [1.54, 1.807) is 14.2 Å². The molecule has 0 spiro atoms. The second-order valence-electron chi connectivity index (χ2n) is 13.5. The van der Waals surface area contributed by atoms with Gasteiger partial charge in [0.05, 0.1) is 20.8 Å². The van der Waals surface area contributed by atoms with Crippen LogP contribution in [0.1, 0.15) is 78.9 Å². The zero-order valence-corrected chi connectivity index (χ0v) is 29.0. The Kier molecular flexibility index (Phi) is 12.7. The largest absolute Gasteiger partial charge is 0.493 e. The van der Waals surface area contributed by atoms with E-state index in [9.17, 15) is 9.90 Å². The Morgan fingerprint density at radius 2 is 1.57 bits per heavy atom. The summed E-state index contributed by atoms with van der Waals surface area (Å²) in [4.78, 5) is 21.3. The predicted octanol–water partition coefficient (Wildman–Crippen LogP) is 7.02. The highest BCUT2D eigenvalue weighted by Crippen LogP contribution is 2.39. The van der Waals surface area contributed by atoms with Crippen molar-refractivity contribution in [1.82, 2.24) is 9.80 Å². The number of ketones is 1. The zero-order chi connectivity index (χ0) is 33.2. The molecule has 0 aromatic heterocycles. The van der Waals surface area contributed by atoms with Gasteiger partial charge in [-0.3, -0.25) is 9.69 Å². The first-order chi connectivity index (χ1) is 22.9. The minimum absolute atomic E-state index is 0.128. The number of Topliss-reactive ketones (excluding diaryl/α,β-unsaturated/α-hetero) is 1. The van der Waals surface area contributed by atoms with Gasteiger partial charge in [0.15, 0.2) is 17.3 Å². The number of likely N-dealkylation sites (N-methyl/N-ethyl adjacent to an activating group) is 1. The number of hydrogen-bond donors (Lipinski definition) is 1. The molecular weight excluding hydrogens is 586 g/mol. The number of anilines is 1. The van der Waals surface area contributed by atoms with Gasteiger partial charge in [0.25, 0.3) is 0 Å². The molecule has 7 heteroatoms. The van der Waals surface area contributed by atoms with Crippen molar-refractivity contribution in [2.45, 2.75) is 65.0 Å². The summed E-state index contributed by atoms with van der Waals surface area (Å²) in [6, 6.07) is 23.0. The van der Waals surface area contributed by atoms with Crippen LogP contribution in [0.25, 0.3) is 0 Å². The molecule has 2 unspecified atom stereocenters. The molecule has 2 saturated heterocycles. The first-order valence-electron chi connectivity index (χ1n) is 17.7. The zero-order valence-electron chi connectivity index (χ0n) is 29.0. The third kappa shape index (κ3) is 8.95. The van der Waals surface area contributed by atoms with Crippen molar-refractivity contribution in [2.75, 3.05) is 64.9 Å². The van der Waals surface area contributed by atoms with Crippen LogP contribution < -0.4 is 14.4 Å². The summed E-state index contributed by atoms with van der Waals surface area (Å²) in [5, 5.41) is 10.5. The maximum Gasteiger partial charge on any atom is 0.166 e. The second kappa shape index (κ2) is 17.1. The van der Waals surface area contributed by atoms with Crippen LogP contribution >= 0.6 is 0 Å². The van der Waals surface area contributed by atoms with Crippen molar-refractivity contribution in [3.05, 3.63) is 89.0 Å². The van der Waals surface area contributed by atoms with Crippen molar-refractivity contribution in [3.63, 3.8) is 0 Å². The lowest BCUT2D eigenvalue weighted by atomic mass is 9.79. The van der Waals surface area contributed by atoms with Crippen LogP contribution in [0.15, 0.2) is 66.7 Å². The van der Waals surface area contributed by atoms with E-state index in [2.05, 4.69) is 77.1 Å². The molecule has 5 rings (SSSR count). The SMILES string of the molecule is CCN1CCN(c2cccc(C(=O)C(C)CCC(CC3CCN(Cc4ccccc4)CC3)c3ccc(OC)c(OC)c3)c2CO)CC1. The number of piperazine rings is 1. The molecule has 2 heterocycles. The fraction of sp³-hybridized carbons (Fsp3) is 0.525. The molecule has 2 aliphatic rings. The first-order valence-corrected chi connectivity index (χ1v) is 17.7. The Bertz CT molecular complexity index is 1410. The lowest BCUT2D eigenvalue weighted by molar-refractivity contribution is 0.0917. The number of piperidine rings is 1. The molecule has 0 saturated carbocycles. The standard InChI is InChI=1S/C40H55N3O4/c1-5-41-22-24-43(25-23-41)37-13-9-12-35(36(37)29-44)40(45)30(2)14-15-33(34-16-17-38(46-3)39(27-34)47-4)26-31-18-20-42(21-19-31)28-32-10-7-6-8-11-32/h6-13,16-17,27,30-31,33,44H,5,14-15,18-26,28-29H2,1-4H3. The van der Waals surface area contributed by atoms with Crippen LogP contribution in [0.2, 0.25) is 0 Å². The Labute approximate surface area is 282 Å². The summed E-state index contributed by atoms with van der Waals surface area (Å²) >= 11 is 0. The number of carbonyl (C=O) groups excluding carboxylic acids is 1. The van der Waals surface area contributed by atoms with Gasteiger partial charge in [-0.25, -0.2) is 0 Å². The summed E-state index contributed by atoms with van der Waals surface area (Å²) in [7, 11) is 3.36. The Hall–Kier alpha value is -3.39. The maximum atomic E-state index is 14.0. The minimum Gasteiger partial charge on any atom is -0.493 e. The quantitative estimate of drug-likeness (QED) is 0.179. The summed E-state index contributed by atoms with van der Waals surface area (Å²) in [6.07, 6.45) is 5.17. The molecule has 0 radical (unpaired) electrons. The normalized spacial score (nSPS) is 17.8. The number of aliphatic hydroxyl groups is 1. The molecule has 47 heavy (non-hydrogen) atoms. The second-order valence-corrected chi connectivity index (χ2v) is 13.5. The van der Waals surface area contributed by atoms with Crippen molar-refractivity contribution in [3.8, 4) is 11.5 Å². The Balaban J connectivity index is 1.27. The smallest absolute Gasteiger partial charge is 0.166 e. The summed E-state index contributed by atoms with van der Waals surface area (Å²) in [5.74, 6) is 2.42. The average Bonchev–Trinajstić information content (AvgIpc) is 3.13. The molecule has 1 N–H and O–H groups in total. The molecule has 2 fully saturated rings. The molecule has 254 valence electrons.